The summed E-state index contributed by atoms with van der Waals surface area (Å²) >= 11 is 0. The molecule has 11 heteroatoms. The number of quaternary nitrogens is 1. The largest absolute Gasteiger partial charge is 0.480 e. The second kappa shape index (κ2) is 20.2. The Morgan fingerprint density at radius 3 is 1.63 bits per heavy atom. The van der Waals surface area contributed by atoms with E-state index >= 15 is 0 Å². The van der Waals surface area contributed by atoms with Gasteiger partial charge in [-0.3, -0.25) is 9.59 Å². The number of hydrogen-bond acceptors (Lipinski definition) is 8. The van der Waals surface area contributed by atoms with Gasteiger partial charge >= 0.3 is 11.9 Å². The van der Waals surface area contributed by atoms with Crippen molar-refractivity contribution >= 4 is 11.9 Å². The molecule has 30 heavy (non-hydrogen) atoms. The molecule has 0 saturated heterocycles. The molecular weight excluding hydrogens is 398 g/mol. The number of aliphatic hydroxyl groups is 4. The Labute approximate surface area is 177 Å². The molecule has 0 unspecified atom stereocenters. The van der Waals surface area contributed by atoms with E-state index in [9.17, 15) is 9.59 Å². The van der Waals surface area contributed by atoms with Crippen molar-refractivity contribution in [3.8, 4) is 0 Å². The summed E-state index contributed by atoms with van der Waals surface area (Å²) in [5, 5.41) is 48.5. The second-order valence-electron chi connectivity index (χ2n) is 6.99. The fourth-order valence-electron chi connectivity index (χ4n) is 1.31. The Morgan fingerprint density at radius 2 is 1.43 bits per heavy atom. The maximum Gasteiger partial charge on any atom is 0.320 e. The van der Waals surface area contributed by atoms with E-state index < -0.39 is 24.1 Å². The van der Waals surface area contributed by atoms with E-state index in [-0.39, 0.29) is 26.4 Å². The molecule has 10 N–H and O–H groups in total. The predicted molar refractivity (Wildman–Crippen MR) is 113 cm³/mol. The lowest BCUT2D eigenvalue weighted by Gasteiger charge is -2.21. The summed E-state index contributed by atoms with van der Waals surface area (Å²) in [6.07, 6.45) is -0.569. The van der Waals surface area contributed by atoms with Crippen molar-refractivity contribution in [3.63, 3.8) is 0 Å². The summed E-state index contributed by atoms with van der Waals surface area (Å²) in [7, 11) is 6.16. The van der Waals surface area contributed by atoms with Gasteiger partial charge in [0, 0.05) is 0 Å². The summed E-state index contributed by atoms with van der Waals surface area (Å²) in [6.45, 7) is 0.108. The zero-order valence-electron chi connectivity index (χ0n) is 17.9. The van der Waals surface area contributed by atoms with E-state index in [2.05, 4.69) is 26.9 Å². The van der Waals surface area contributed by atoms with Gasteiger partial charge in [0.25, 0.3) is 0 Å². The van der Waals surface area contributed by atoms with Crippen molar-refractivity contribution in [2.75, 3.05) is 54.1 Å². The third kappa shape index (κ3) is 28.1. The van der Waals surface area contributed by atoms with E-state index in [1.165, 1.54) is 0 Å². The lowest BCUT2D eigenvalue weighted by molar-refractivity contribution is -0.870. The smallest absolute Gasteiger partial charge is 0.320 e. The number of nitrogens with zero attached hydrogens (tertiary/aromatic N) is 1. The molecule has 0 fully saturated rings. The number of likely N-dealkylation sites (N-methyl/N-ethyl adjacent to an activating group) is 1. The Balaban J connectivity index is -0.000000350. The molecule has 176 valence electrons. The summed E-state index contributed by atoms with van der Waals surface area (Å²) in [5.41, 5.74) is 10.9. The first-order valence-electron chi connectivity index (χ1n) is 9.09. The molecule has 0 saturated carbocycles. The van der Waals surface area contributed by atoms with Crippen molar-refractivity contribution in [1.82, 2.24) is 0 Å². The fraction of sp³-hybridized carbons (Fsp3) is 0.579. The van der Waals surface area contributed by atoms with Crippen LogP contribution >= 0.6 is 0 Å². The summed E-state index contributed by atoms with van der Waals surface area (Å²) in [5.74, 6) is -1.93. The maximum absolute atomic E-state index is 10.4. The predicted octanol–water partition coefficient (Wildman–Crippen LogP) is -2.31. The van der Waals surface area contributed by atoms with Crippen LogP contribution in [0.25, 0.3) is 0 Å². The van der Waals surface area contributed by atoms with Gasteiger partial charge in [0.15, 0.2) is 0 Å². The highest BCUT2D eigenvalue weighted by Gasteiger charge is 2.10. The Bertz CT molecular complexity index is 534. The molecule has 0 aliphatic rings. The first kappa shape index (κ1) is 32.5. The van der Waals surface area contributed by atoms with Gasteiger partial charge in [-0.05, 0) is 12.0 Å². The zero-order chi connectivity index (χ0) is 24.2. The van der Waals surface area contributed by atoms with Gasteiger partial charge in [-0.1, -0.05) is 30.3 Å². The van der Waals surface area contributed by atoms with Crippen LogP contribution in [0.5, 0.6) is 0 Å². The van der Waals surface area contributed by atoms with E-state index in [1.807, 2.05) is 30.3 Å². The Hall–Kier alpha value is -2.12. The average Bonchev–Trinajstić information content (AvgIpc) is 2.68. The van der Waals surface area contributed by atoms with Crippen LogP contribution in [0, 0.1) is 0 Å². The minimum atomic E-state index is -0.968. The Morgan fingerprint density at radius 1 is 1.00 bits per heavy atom. The van der Waals surface area contributed by atoms with Gasteiger partial charge in [0.05, 0.1) is 47.5 Å². The highest BCUT2D eigenvalue weighted by atomic mass is 16.4. The number of aliphatic hydroxyl groups excluding tert-OH is 4. The number of hydrogen-bond donors (Lipinski definition) is 8. The molecule has 1 rings (SSSR count). The molecule has 0 aliphatic heterocycles. The topological polar surface area (TPSA) is 208 Å². The van der Waals surface area contributed by atoms with Crippen LogP contribution in [0.4, 0.5) is 0 Å². The number of benzene rings is 1. The first-order valence-corrected chi connectivity index (χ1v) is 9.09. The van der Waals surface area contributed by atoms with Crippen LogP contribution in [0.2, 0.25) is 0 Å². The van der Waals surface area contributed by atoms with E-state index in [0.717, 1.165) is 16.6 Å². The van der Waals surface area contributed by atoms with Crippen molar-refractivity contribution < 1.29 is 44.7 Å². The quantitative estimate of drug-likeness (QED) is 0.204. The molecule has 0 bridgehead atoms. The lowest BCUT2D eigenvalue weighted by Crippen LogP contribution is -2.36. The van der Waals surface area contributed by atoms with Gasteiger partial charge in [-0.2, -0.15) is 0 Å². The van der Waals surface area contributed by atoms with Crippen LogP contribution in [0.1, 0.15) is 5.56 Å². The average molecular weight is 437 g/mol. The molecule has 0 aliphatic carbocycles. The second-order valence-corrected chi connectivity index (χ2v) is 6.99. The molecule has 1 atom stereocenters. The fourth-order valence-corrected chi connectivity index (χ4v) is 1.31. The third-order valence-corrected chi connectivity index (χ3v) is 2.98. The minimum absolute atomic E-state index is 0.278. The van der Waals surface area contributed by atoms with Gasteiger partial charge in [0.1, 0.15) is 18.7 Å². The molecule has 0 amide bonds. The molecule has 0 spiro atoms. The van der Waals surface area contributed by atoms with Gasteiger partial charge < -0.3 is 46.6 Å². The number of rotatable bonds is 8. The minimum Gasteiger partial charge on any atom is -0.480 e. The van der Waals surface area contributed by atoms with Crippen molar-refractivity contribution in [1.29, 1.82) is 0 Å². The Kier molecular flexibility index (Phi) is 21.9. The molecule has 1 aromatic rings. The molecule has 0 radical (unpaired) electrons. The normalized spacial score (nSPS) is 11.0. The molecule has 0 aromatic heterocycles. The van der Waals surface area contributed by atoms with Crippen molar-refractivity contribution in [2.24, 2.45) is 11.5 Å². The number of carboxylic acid groups (broad SMARTS) is 2. The van der Waals surface area contributed by atoms with Gasteiger partial charge in [0.2, 0.25) is 0 Å². The monoisotopic (exact) mass is 436 g/mol. The molecule has 1 aromatic carbocycles. The standard InChI is InChI=1S/C9H11NO2.C5H14NO.C3H8O3.C2H5NO2/c10-8(9(11)12)6-7-4-2-1-3-5-7;1-6(2,3)4-5-7;4-1-3(6)2-5;3-1-2(4)5/h1-5,8H,6,10H2,(H,11,12);7H,4-5H2,1-3H3;3-6H,1-2H2;1,3H2,(H,4,5)/q;+1;;/t8-;;;/m0.../s1. The van der Waals surface area contributed by atoms with E-state index in [4.69, 9.17) is 36.4 Å². The van der Waals surface area contributed by atoms with Crippen molar-refractivity contribution in [3.05, 3.63) is 35.9 Å². The van der Waals surface area contributed by atoms with E-state index in [0.29, 0.717) is 6.42 Å². The SMILES string of the molecule is C[N+](C)(C)CCO.NCC(=O)O.N[C@@H](Cc1ccccc1)C(=O)O.OCC(O)CO. The number of carboxylic acids is 2. The van der Waals surface area contributed by atoms with Crippen LogP contribution in [-0.4, -0.2) is 113 Å². The molecular formula is C19H38N3O8+. The van der Waals surface area contributed by atoms with Crippen molar-refractivity contribution in [2.45, 2.75) is 18.6 Å². The van der Waals surface area contributed by atoms with Crippen LogP contribution in [-0.2, 0) is 16.0 Å². The maximum atomic E-state index is 10.4. The van der Waals surface area contributed by atoms with Crippen LogP contribution < -0.4 is 11.5 Å². The lowest BCUT2D eigenvalue weighted by atomic mass is 10.1. The number of carbonyl (C=O) groups is 2. The summed E-state index contributed by atoms with van der Waals surface area (Å²) in [4.78, 5) is 19.6. The molecule has 11 nitrogen and oxygen atoms in total. The van der Waals surface area contributed by atoms with Gasteiger partial charge in [-0.15, -0.1) is 0 Å². The van der Waals surface area contributed by atoms with Gasteiger partial charge in [-0.25, -0.2) is 0 Å². The zero-order valence-corrected chi connectivity index (χ0v) is 17.9. The number of aliphatic carboxylic acids is 2. The third-order valence-electron chi connectivity index (χ3n) is 2.98. The summed E-state index contributed by atoms with van der Waals surface area (Å²) < 4.78 is 0.844. The first-order chi connectivity index (χ1) is 13.8. The highest BCUT2D eigenvalue weighted by molar-refractivity contribution is 5.73. The van der Waals surface area contributed by atoms with Crippen LogP contribution in [0.3, 0.4) is 0 Å². The number of nitrogens with two attached hydrogens (primary N) is 2. The van der Waals surface area contributed by atoms with Crippen LogP contribution in [0.15, 0.2) is 30.3 Å². The molecule has 0 heterocycles. The summed E-state index contributed by atoms with van der Waals surface area (Å²) in [6, 6.07) is 8.54. The van der Waals surface area contributed by atoms with E-state index in [1.54, 1.807) is 0 Å². The highest BCUT2D eigenvalue weighted by Crippen LogP contribution is 2.01.